The molecule has 0 aliphatic heterocycles. The van der Waals surface area contributed by atoms with Gasteiger partial charge in [-0.3, -0.25) is 4.79 Å². The van der Waals surface area contributed by atoms with Crippen LogP contribution < -0.4 is 4.74 Å². The summed E-state index contributed by atoms with van der Waals surface area (Å²) in [5.74, 6) is 1.76. The van der Waals surface area contributed by atoms with Gasteiger partial charge in [0, 0.05) is 6.54 Å². The Kier molecular flexibility index (Phi) is 6.53. The Morgan fingerprint density at radius 2 is 1.75 bits per heavy atom. The Balaban J connectivity index is 1.87. The second kappa shape index (κ2) is 9.27. The van der Waals surface area contributed by atoms with Gasteiger partial charge in [-0.15, -0.1) is 0 Å². The number of benzene rings is 2. The van der Waals surface area contributed by atoms with Gasteiger partial charge < -0.3 is 14.1 Å². The van der Waals surface area contributed by atoms with Crippen molar-refractivity contribution in [3.8, 4) is 5.75 Å². The molecule has 0 saturated heterocycles. The zero-order valence-electron chi connectivity index (χ0n) is 16.7. The molecule has 0 spiro atoms. The van der Waals surface area contributed by atoms with Crippen LogP contribution in [-0.2, 0) is 13.1 Å². The second-order valence-corrected chi connectivity index (χ2v) is 7.07. The number of ether oxygens (including phenoxy) is 1. The van der Waals surface area contributed by atoms with Gasteiger partial charge in [-0.05, 0) is 48.2 Å². The van der Waals surface area contributed by atoms with E-state index in [4.69, 9.17) is 9.15 Å². The zero-order chi connectivity index (χ0) is 19.9. The van der Waals surface area contributed by atoms with Gasteiger partial charge in [-0.2, -0.15) is 0 Å². The molecule has 0 unspecified atom stereocenters. The largest absolute Gasteiger partial charge is 0.493 e. The molecule has 2 aromatic carbocycles. The molecule has 1 heterocycles. The lowest BCUT2D eigenvalue weighted by Crippen LogP contribution is -2.30. The van der Waals surface area contributed by atoms with Crippen LogP contribution in [0.25, 0.3) is 0 Å². The molecule has 0 atom stereocenters. The summed E-state index contributed by atoms with van der Waals surface area (Å²) in [6.45, 7) is 7.67. The highest BCUT2D eigenvalue weighted by atomic mass is 16.5. The van der Waals surface area contributed by atoms with Gasteiger partial charge in [-0.1, -0.05) is 50.2 Å². The van der Waals surface area contributed by atoms with Crippen LogP contribution in [0.1, 0.15) is 53.9 Å². The molecule has 0 aliphatic rings. The van der Waals surface area contributed by atoms with Crippen molar-refractivity contribution >= 4 is 5.91 Å². The number of hydrogen-bond donors (Lipinski definition) is 0. The molecule has 0 N–H and O–H groups in total. The second-order valence-electron chi connectivity index (χ2n) is 7.07. The molecule has 0 aliphatic carbocycles. The molecule has 0 bridgehead atoms. The van der Waals surface area contributed by atoms with E-state index in [2.05, 4.69) is 38.1 Å². The number of rotatable bonds is 8. The fourth-order valence-corrected chi connectivity index (χ4v) is 3.11. The summed E-state index contributed by atoms with van der Waals surface area (Å²) >= 11 is 0. The van der Waals surface area contributed by atoms with E-state index in [1.807, 2.05) is 43.3 Å². The number of hydrogen-bond acceptors (Lipinski definition) is 3. The molecule has 3 aromatic rings. The monoisotopic (exact) mass is 377 g/mol. The molecule has 0 fully saturated rings. The molecule has 0 radical (unpaired) electrons. The number of nitrogens with zero attached hydrogens (tertiary/aromatic N) is 1. The van der Waals surface area contributed by atoms with Crippen molar-refractivity contribution in [2.45, 2.75) is 39.8 Å². The van der Waals surface area contributed by atoms with E-state index < -0.39 is 0 Å². The number of para-hydroxylation sites is 1. The van der Waals surface area contributed by atoms with Crippen LogP contribution in [0.15, 0.2) is 71.3 Å². The maximum Gasteiger partial charge on any atom is 0.258 e. The van der Waals surface area contributed by atoms with Gasteiger partial charge in [0.25, 0.3) is 5.91 Å². The van der Waals surface area contributed by atoms with E-state index in [0.717, 1.165) is 11.3 Å². The number of amides is 1. The van der Waals surface area contributed by atoms with Crippen LogP contribution in [-0.4, -0.2) is 17.4 Å². The standard InChI is InChI=1S/C24H27NO3/c1-4-27-23-10-6-5-9-22(23)24(26)25(17-21-8-7-15-28-21)16-19-11-13-20(14-12-19)18(2)3/h5-15,18H,4,16-17H2,1-3H3. The van der Waals surface area contributed by atoms with Gasteiger partial charge in [0.05, 0.1) is 25.0 Å². The molecule has 28 heavy (non-hydrogen) atoms. The molecule has 3 rings (SSSR count). The highest BCUT2D eigenvalue weighted by molar-refractivity contribution is 5.96. The SMILES string of the molecule is CCOc1ccccc1C(=O)N(Cc1ccc(C(C)C)cc1)Cc1ccco1. The van der Waals surface area contributed by atoms with E-state index in [1.54, 1.807) is 11.2 Å². The lowest BCUT2D eigenvalue weighted by Gasteiger charge is -2.23. The predicted molar refractivity (Wildman–Crippen MR) is 110 cm³/mol. The third-order valence-corrected chi connectivity index (χ3v) is 4.65. The van der Waals surface area contributed by atoms with Crippen LogP contribution in [0.5, 0.6) is 5.75 Å². The van der Waals surface area contributed by atoms with Crippen LogP contribution in [0.3, 0.4) is 0 Å². The molecular formula is C24H27NO3. The first kappa shape index (κ1) is 19.7. The minimum Gasteiger partial charge on any atom is -0.493 e. The van der Waals surface area contributed by atoms with Crippen molar-refractivity contribution in [1.29, 1.82) is 0 Å². The summed E-state index contributed by atoms with van der Waals surface area (Å²) in [6, 6.07) is 19.5. The Morgan fingerprint density at radius 1 is 1.00 bits per heavy atom. The average molecular weight is 377 g/mol. The van der Waals surface area contributed by atoms with Gasteiger partial charge in [0.15, 0.2) is 0 Å². The average Bonchev–Trinajstić information content (AvgIpc) is 3.21. The Bertz CT molecular complexity index is 882. The first-order chi connectivity index (χ1) is 13.6. The van der Waals surface area contributed by atoms with E-state index >= 15 is 0 Å². The fraction of sp³-hybridized carbons (Fsp3) is 0.292. The lowest BCUT2D eigenvalue weighted by atomic mass is 10.0. The van der Waals surface area contributed by atoms with Crippen LogP contribution >= 0.6 is 0 Å². The molecule has 0 saturated carbocycles. The highest BCUT2D eigenvalue weighted by Gasteiger charge is 2.21. The summed E-state index contributed by atoms with van der Waals surface area (Å²) in [5, 5.41) is 0. The van der Waals surface area contributed by atoms with Crippen molar-refractivity contribution in [1.82, 2.24) is 4.90 Å². The predicted octanol–water partition coefficient (Wildman–Crippen LogP) is 5.64. The Hall–Kier alpha value is -3.01. The van der Waals surface area contributed by atoms with Crippen molar-refractivity contribution in [2.75, 3.05) is 6.61 Å². The maximum absolute atomic E-state index is 13.4. The lowest BCUT2D eigenvalue weighted by molar-refractivity contribution is 0.0713. The third-order valence-electron chi connectivity index (χ3n) is 4.65. The van der Waals surface area contributed by atoms with E-state index in [1.165, 1.54) is 5.56 Å². The van der Waals surface area contributed by atoms with Gasteiger partial charge in [-0.25, -0.2) is 0 Å². The van der Waals surface area contributed by atoms with Crippen molar-refractivity contribution in [2.24, 2.45) is 0 Å². The molecule has 4 nitrogen and oxygen atoms in total. The van der Waals surface area contributed by atoms with Gasteiger partial charge >= 0.3 is 0 Å². The van der Waals surface area contributed by atoms with E-state index in [-0.39, 0.29) is 5.91 Å². The molecule has 4 heteroatoms. The summed E-state index contributed by atoms with van der Waals surface area (Å²) < 4.78 is 11.2. The zero-order valence-corrected chi connectivity index (χ0v) is 16.7. The summed E-state index contributed by atoms with van der Waals surface area (Å²) in [7, 11) is 0. The number of furan rings is 1. The van der Waals surface area contributed by atoms with Gasteiger partial charge in [0.2, 0.25) is 0 Å². The summed E-state index contributed by atoms with van der Waals surface area (Å²) in [4.78, 5) is 15.1. The third kappa shape index (κ3) is 4.83. The smallest absolute Gasteiger partial charge is 0.258 e. The summed E-state index contributed by atoms with van der Waals surface area (Å²) in [5.41, 5.74) is 2.93. The highest BCUT2D eigenvalue weighted by Crippen LogP contribution is 2.23. The van der Waals surface area contributed by atoms with Crippen LogP contribution in [0.2, 0.25) is 0 Å². The van der Waals surface area contributed by atoms with Crippen molar-refractivity contribution in [3.05, 3.63) is 89.4 Å². The number of carbonyl (C=O) groups is 1. The topological polar surface area (TPSA) is 42.7 Å². The fourth-order valence-electron chi connectivity index (χ4n) is 3.11. The Labute approximate surface area is 166 Å². The first-order valence-electron chi connectivity index (χ1n) is 9.70. The quantitative estimate of drug-likeness (QED) is 0.510. The van der Waals surface area contributed by atoms with E-state index in [0.29, 0.717) is 36.9 Å². The molecular weight excluding hydrogens is 350 g/mol. The van der Waals surface area contributed by atoms with E-state index in [9.17, 15) is 4.79 Å². The maximum atomic E-state index is 13.4. The minimum absolute atomic E-state index is 0.0756. The Morgan fingerprint density at radius 3 is 2.39 bits per heavy atom. The molecule has 1 amide bonds. The first-order valence-corrected chi connectivity index (χ1v) is 9.70. The van der Waals surface area contributed by atoms with Crippen LogP contribution in [0.4, 0.5) is 0 Å². The van der Waals surface area contributed by atoms with Gasteiger partial charge in [0.1, 0.15) is 11.5 Å². The van der Waals surface area contributed by atoms with Crippen molar-refractivity contribution < 1.29 is 13.9 Å². The number of carbonyl (C=O) groups excluding carboxylic acids is 1. The minimum atomic E-state index is -0.0756. The van der Waals surface area contributed by atoms with Crippen LogP contribution in [0, 0.1) is 0 Å². The normalized spacial score (nSPS) is 10.9. The summed E-state index contributed by atoms with van der Waals surface area (Å²) in [6.07, 6.45) is 1.63. The molecule has 146 valence electrons. The van der Waals surface area contributed by atoms with Crippen molar-refractivity contribution in [3.63, 3.8) is 0 Å². The molecule has 1 aromatic heterocycles.